The summed E-state index contributed by atoms with van der Waals surface area (Å²) in [6.07, 6.45) is 0.232. The third-order valence-corrected chi connectivity index (χ3v) is 3.09. The van der Waals surface area contributed by atoms with Gasteiger partial charge in [0, 0.05) is 33.7 Å². The molecule has 2 N–H and O–H groups in total. The van der Waals surface area contributed by atoms with Gasteiger partial charge in [-0.25, -0.2) is 9.59 Å². The summed E-state index contributed by atoms with van der Waals surface area (Å²) in [5.41, 5.74) is 2.14. The summed E-state index contributed by atoms with van der Waals surface area (Å²) in [6.45, 7) is 2.69. The number of nitrogens with one attached hydrogen (secondary N) is 1. The zero-order valence-corrected chi connectivity index (χ0v) is 12.6. The summed E-state index contributed by atoms with van der Waals surface area (Å²) in [5.74, 6) is -1.07. The predicted molar refractivity (Wildman–Crippen MR) is 79.1 cm³/mol. The molecule has 0 radical (unpaired) electrons. The number of carboxylic acid groups (broad SMARTS) is 1. The number of aliphatic carboxylic acids is 1. The van der Waals surface area contributed by atoms with Gasteiger partial charge in [-0.05, 0) is 12.5 Å². The molecule has 6 nitrogen and oxygen atoms in total. The second kappa shape index (κ2) is 8.26. The predicted octanol–water partition coefficient (Wildman–Crippen LogP) is 1.63. The van der Waals surface area contributed by atoms with Gasteiger partial charge in [0.15, 0.2) is 0 Å². The highest BCUT2D eigenvalue weighted by molar-refractivity contribution is 5.82. The van der Waals surface area contributed by atoms with Crippen molar-refractivity contribution >= 4 is 12.0 Å². The van der Waals surface area contributed by atoms with Crippen molar-refractivity contribution in [3.8, 4) is 0 Å². The third kappa shape index (κ3) is 5.83. The van der Waals surface area contributed by atoms with Crippen LogP contribution in [0.2, 0.25) is 0 Å². The minimum Gasteiger partial charge on any atom is -0.480 e. The molecule has 0 aliphatic heterocycles. The first-order valence-electron chi connectivity index (χ1n) is 6.73. The molecule has 2 amide bonds. The number of methoxy groups -OCH3 is 1. The Morgan fingerprint density at radius 3 is 2.48 bits per heavy atom. The highest BCUT2D eigenvalue weighted by Crippen LogP contribution is 2.06. The SMILES string of the molecule is COCCC(NC(=O)N(C)Cc1ccc(C)cc1)C(=O)O. The van der Waals surface area contributed by atoms with Crippen molar-refractivity contribution in [3.05, 3.63) is 35.4 Å². The fourth-order valence-electron chi connectivity index (χ4n) is 1.79. The van der Waals surface area contributed by atoms with Gasteiger partial charge in [0.2, 0.25) is 0 Å². The lowest BCUT2D eigenvalue weighted by Gasteiger charge is -2.21. The lowest BCUT2D eigenvalue weighted by Crippen LogP contribution is -2.46. The van der Waals surface area contributed by atoms with Crippen molar-refractivity contribution in [2.75, 3.05) is 20.8 Å². The normalized spacial score (nSPS) is 11.8. The van der Waals surface area contributed by atoms with Crippen LogP contribution in [0.4, 0.5) is 4.79 Å². The molecule has 1 aromatic carbocycles. The van der Waals surface area contributed by atoms with Crippen LogP contribution in [0.5, 0.6) is 0 Å². The number of carbonyl (C=O) groups is 2. The van der Waals surface area contributed by atoms with E-state index in [0.29, 0.717) is 6.54 Å². The van der Waals surface area contributed by atoms with Crippen molar-refractivity contribution < 1.29 is 19.4 Å². The van der Waals surface area contributed by atoms with Crippen molar-refractivity contribution in [1.82, 2.24) is 10.2 Å². The number of aryl methyl sites for hydroxylation is 1. The number of rotatable bonds is 7. The maximum atomic E-state index is 12.0. The van der Waals surface area contributed by atoms with E-state index >= 15 is 0 Å². The molecule has 0 saturated carbocycles. The zero-order valence-electron chi connectivity index (χ0n) is 12.6. The van der Waals surface area contributed by atoms with Crippen LogP contribution >= 0.6 is 0 Å². The molecular formula is C15H22N2O4. The summed E-state index contributed by atoms with van der Waals surface area (Å²) in [5, 5.41) is 11.6. The van der Waals surface area contributed by atoms with Gasteiger partial charge in [-0.2, -0.15) is 0 Å². The molecule has 0 heterocycles. The van der Waals surface area contributed by atoms with Gasteiger partial charge in [0.25, 0.3) is 0 Å². The number of ether oxygens (including phenoxy) is 1. The molecule has 0 aliphatic carbocycles. The molecule has 1 atom stereocenters. The van der Waals surface area contributed by atoms with Crippen LogP contribution in [-0.2, 0) is 16.1 Å². The minimum absolute atomic E-state index is 0.232. The van der Waals surface area contributed by atoms with E-state index in [1.807, 2.05) is 31.2 Å². The molecule has 21 heavy (non-hydrogen) atoms. The Bertz CT molecular complexity index is 473. The molecule has 1 aromatic rings. The van der Waals surface area contributed by atoms with Gasteiger partial charge < -0.3 is 20.1 Å². The Morgan fingerprint density at radius 2 is 1.95 bits per heavy atom. The highest BCUT2D eigenvalue weighted by atomic mass is 16.5. The van der Waals surface area contributed by atoms with Gasteiger partial charge in [-0.1, -0.05) is 29.8 Å². The quantitative estimate of drug-likeness (QED) is 0.801. The minimum atomic E-state index is -1.07. The van der Waals surface area contributed by atoms with Gasteiger partial charge in [-0.15, -0.1) is 0 Å². The average Bonchev–Trinajstić information content (AvgIpc) is 2.45. The summed E-state index contributed by atoms with van der Waals surface area (Å²) >= 11 is 0. The van der Waals surface area contributed by atoms with Gasteiger partial charge in [-0.3, -0.25) is 0 Å². The van der Waals surface area contributed by atoms with Crippen molar-refractivity contribution in [2.45, 2.75) is 25.9 Å². The molecule has 6 heteroatoms. The Kier molecular flexibility index (Phi) is 6.68. The maximum Gasteiger partial charge on any atom is 0.326 e. The molecule has 0 aromatic heterocycles. The number of nitrogens with zero attached hydrogens (tertiary/aromatic N) is 1. The second-order valence-corrected chi connectivity index (χ2v) is 4.96. The summed E-state index contributed by atoms with van der Waals surface area (Å²) in [4.78, 5) is 24.5. The van der Waals surface area contributed by atoms with Crippen LogP contribution in [0.25, 0.3) is 0 Å². The smallest absolute Gasteiger partial charge is 0.326 e. The van der Waals surface area contributed by atoms with Gasteiger partial charge >= 0.3 is 12.0 Å². The average molecular weight is 294 g/mol. The molecule has 0 saturated heterocycles. The summed E-state index contributed by atoms with van der Waals surface area (Å²) in [6, 6.07) is 6.47. The lowest BCUT2D eigenvalue weighted by molar-refractivity contribution is -0.139. The van der Waals surface area contributed by atoms with Crippen LogP contribution < -0.4 is 5.32 Å². The largest absolute Gasteiger partial charge is 0.480 e. The number of carbonyl (C=O) groups excluding carboxylic acids is 1. The van der Waals surface area contributed by atoms with E-state index in [0.717, 1.165) is 11.1 Å². The van der Waals surface area contributed by atoms with Crippen molar-refractivity contribution in [2.24, 2.45) is 0 Å². The Morgan fingerprint density at radius 1 is 1.33 bits per heavy atom. The highest BCUT2D eigenvalue weighted by Gasteiger charge is 2.21. The molecule has 0 aliphatic rings. The fourth-order valence-corrected chi connectivity index (χ4v) is 1.79. The zero-order chi connectivity index (χ0) is 15.8. The fraction of sp³-hybridized carbons (Fsp3) is 0.467. The van der Waals surface area contributed by atoms with Crippen LogP contribution in [0.15, 0.2) is 24.3 Å². The maximum absolute atomic E-state index is 12.0. The lowest BCUT2D eigenvalue weighted by atomic mass is 10.1. The first-order chi connectivity index (χ1) is 9.93. The molecule has 0 bridgehead atoms. The standard InChI is InChI=1S/C15H22N2O4/c1-11-4-6-12(7-5-11)10-17(2)15(20)16-13(14(18)19)8-9-21-3/h4-7,13H,8-10H2,1-3H3,(H,16,20)(H,18,19). The molecule has 0 spiro atoms. The first kappa shape index (κ1) is 17.0. The monoisotopic (exact) mass is 294 g/mol. The topological polar surface area (TPSA) is 78.9 Å². The number of hydrogen-bond acceptors (Lipinski definition) is 3. The van der Waals surface area contributed by atoms with E-state index in [1.54, 1.807) is 7.05 Å². The van der Waals surface area contributed by atoms with E-state index in [-0.39, 0.29) is 13.0 Å². The van der Waals surface area contributed by atoms with Crippen LogP contribution in [0.1, 0.15) is 17.5 Å². The Balaban J connectivity index is 2.56. The van der Waals surface area contributed by atoms with Crippen molar-refractivity contribution in [1.29, 1.82) is 0 Å². The van der Waals surface area contributed by atoms with Gasteiger partial charge in [0.05, 0.1) is 0 Å². The molecule has 1 unspecified atom stereocenters. The summed E-state index contributed by atoms with van der Waals surface area (Å²) in [7, 11) is 3.12. The van der Waals surface area contributed by atoms with Crippen LogP contribution in [-0.4, -0.2) is 48.8 Å². The molecule has 1 rings (SSSR count). The van der Waals surface area contributed by atoms with Crippen molar-refractivity contribution in [3.63, 3.8) is 0 Å². The van der Waals surface area contributed by atoms with E-state index in [9.17, 15) is 9.59 Å². The number of carboxylic acids is 1. The number of hydrogen-bond donors (Lipinski definition) is 2. The molecule has 0 fully saturated rings. The van der Waals surface area contributed by atoms with E-state index < -0.39 is 18.0 Å². The third-order valence-electron chi connectivity index (χ3n) is 3.09. The second-order valence-electron chi connectivity index (χ2n) is 4.96. The van der Waals surface area contributed by atoms with E-state index in [1.165, 1.54) is 12.0 Å². The van der Waals surface area contributed by atoms with E-state index in [2.05, 4.69) is 5.32 Å². The number of benzene rings is 1. The van der Waals surface area contributed by atoms with Crippen LogP contribution in [0.3, 0.4) is 0 Å². The van der Waals surface area contributed by atoms with E-state index in [4.69, 9.17) is 9.84 Å². The molecule has 116 valence electrons. The number of amides is 2. The Labute approximate surface area is 124 Å². The summed E-state index contributed by atoms with van der Waals surface area (Å²) < 4.78 is 4.84. The Hall–Kier alpha value is -2.08. The molecular weight excluding hydrogens is 272 g/mol. The number of urea groups is 1. The van der Waals surface area contributed by atoms with Crippen LogP contribution in [0, 0.1) is 6.92 Å². The first-order valence-corrected chi connectivity index (χ1v) is 6.73. The van der Waals surface area contributed by atoms with Gasteiger partial charge in [0.1, 0.15) is 6.04 Å².